The van der Waals surface area contributed by atoms with E-state index in [2.05, 4.69) is 10.5 Å². The SMILES string of the molecule is COc1ccc(N(CC(=O)N/N=C\c2ccc(-c3ccc([N+](=O)[O-])cc3)o2)S(=O)(=O)c2ccc(C)cc2)cc1. The van der Waals surface area contributed by atoms with E-state index in [0.717, 1.165) is 9.87 Å². The maximum absolute atomic E-state index is 13.4. The summed E-state index contributed by atoms with van der Waals surface area (Å²) in [7, 11) is -2.58. The molecule has 0 saturated carbocycles. The molecule has 3 aromatic carbocycles. The van der Waals surface area contributed by atoms with E-state index in [-0.39, 0.29) is 16.3 Å². The van der Waals surface area contributed by atoms with Gasteiger partial charge in [-0.3, -0.25) is 19.2 Å². The first-order valence-corrected chi connectivity index (χ1v) is 13.0. The average Bonchev–Trinajstić information content (AvgIpc) is 3.41. The number of hydrogen-bond donors (Lipinski definition) is 1. The highest BCUT2D eigenvalue weighted by molar-refractivity contribution is 7.92. The number of methoxy groups -OCH3 is 1. The Balaban J connectivity index is 1.48. The van der Waals surface area contributed by atoms with E-state index in [1.807, 2.05) is 6.92 Å². The lowest BCUT2D eigenvalue weighted by molar-refractivity contribution is -0.384. The maximum Gasteiger partial charge on any atom is 0.269 e. The number of nitrogens with one attached hydrogen (secondary N) is 1. The van der Waals surface area contributed by atoms with Crippen molar-refractivity contribution in [3.8, 4) is 17.1 Å². The highest BCUT2D eigenvalue weighted by Crippen LogP contribution is 2.26. The van der Waals surface area contributed by atoms with Gasteiger partial charge in [0, 0.05) is 17.7 Å². The number of aryl methyl sites for hydroxylation is 1. The molecule has 0 unspecified atom stereocenters. The van der Waals surface area contributed by atoms with Gasteiger partial charge in [-0.1, -0.05) is 17.7 Å². The van der Waals surface area contributed by atoms with Gasteiger partial charge in [-0.2, -0.15) is 5.10 Å². The number of hydrazone groups is 1. The van der Waals surface area contributed by atoms with E-state index in [9.17, 15) is 23.3 Å². The van der Waals surface area contributed by atoms with Gasteiger partial charge in [0.2, 0.25) is 0 Å². The van der Waals surface area contributed by atoms with Crippen LogP contribution in [0.2, 0.25) is 0 Å². The van der Waals surface area contributed by atoms with Gasteiger partial charge in [0.15, 0.2) is 0 Å². The van der Waals surface area contributed by atoms with Crippen molar-refractivity contribution in [1.29, 1.82) is 0 Å². The van der Waals surface area contributed by atoms with Crippen LogP contribution in [0.1, 0.15) is 11.3 Å². The lowest BCUT2D eigenvalue weighted by Gasteiger charge is -2.24. The summed E-state index contributed by atoms with van der Waals surface area (Å²) in [5.41, 5.74) is 4.07. The predicted octanol–water partition coefficient (Wildman–Crippen LogP) is 4.52. The number of carbonyl (C=O) groups excluding carboxylic acids is 1. The number of nitro groups is 1. The topological polar surface area (TPSA) is 144 Å². The first-order valence-electron chi connectivity index (χ1n) is 11.6. The molecule has 0 radical (unpaired) electrons. The van der Waals surface area contributed by atoms with Crippen LogP contribution in [0, 0.1) is 17.0 Å². The quantitative estimate of drug-likeness (QED) is 0.174. The Morgan fingerprint density at radius 1 is 1.03 bits per heavy atom. The summed E-state index contributed by atoms with van der Waals surface area (Å²) < 4.78 is 38.7. The number of nitro benzene ring substituents is 1. The third kappa shape index (κ3) is 6.48. The predicted molar refractivity (Wildman–Crippen MR) is 145 cm³/mol. The van der Waals surface area contributed by atoms with Gasteiger partial charge in [-0.05, 0) is 67.6 Å². The van der Waals surface area contributed by atoms with Crippen LogP contribution in [-0.2, 0) is 14.8 Å². The summed E-state index contributed by atoms with van der Waals surface area (Å²) in [5, 5.41) is 14.7. The summed E-state index contributed by atoms with van der Waals surface area (Å²) in [6.45, 7) is 1.31. The van der Waals surface area contributed by atoms with Gasteiger partial charge in [-0.15, -0.1) is 0 Å². The van der Waals surface area contributed by atoms with Crippen molar-refractivity contribution in [2.45, 2.75) is 11.8 Å². The van der Waals surface area contributed by atoms with Crippen LogP contribution >= 0.6 is 0 Å². The molecule has 4 rings (SSSR count). The molecule has 0 fully saturated rings. The molecule has 0 aliphatic carbocycles. The van der Waals surface area contributed by atoms with Crippen molar-refractivity contribution in [3.05, 3.63) is 106 Å². The number of amides is 1. The fraction of sp³-hybridized carbons (Fsp3) is 0.111. The molecule has 0 spiro atoms. The molecule has 1 heterocycles. The molecule has 1 amide bonds. The highest BCUT2D eigenvalue weighted by atomic mass is 32.2. The summed E-state index contributed by atoms with van der Waals surface area (Å²) in [6.07, 6.45) is 1.26. The Kier molecular flexibility index (Phi) is 8.06. The number of furan rings is 1. The number of nitrogens with zero attached hydrogens (tertiary/aromatic N) is 3. The van der Waals surface area contributed by atoms with Crippen LogP contribution in [0.4, 0.5) is 11.4 Å². The number of benzene rings is 3. The van der Waals surface area contributed by atoms with Gasteiger partial charge in [0.25, 0.3) is 21.6 Å². The van der Waals surface area contributed by atoms with Crippen LogP contribution in [0.5, 0.6) is 5.75 Å². The molecular formula is C27H24N4O7S. The standard InChI is InChI=1S/C27H24N4O7S/c1-19-3-14-25(15-4-19)39(35,36)30(21-9-11-23(37-2)12-10-21)18-27(32)29-28-17-24-13-16-26(38-24)20-5-7-22(8-6-20)31(33)34/h3-17H,18H2,1-2H3,(H,29,32)/b28-17-. The number of anilines is 1. The van der Waals surface area contributed by atoms with Crippen LogP contribution in [-0.4, -0.2) is 39.1 Å². The Hall–Kier alpha value is -4.97. The second-order valence-electron chi connectivity index (χ2n) is 8.32. The number of hydrogen-bond acceptors (Lipinski definition) is 8. The molecule has 4 aromatic rings. The number of carbonyl (C=O) groups is 1. The van der Waals surface area contributed by atoms with Crippen LogP contribution in [0.3, 0.4) is 0 Å². The fourth-order valence-electron chi connectivity index (χ4n) is 3.56. The fourth-order valence-corrected chi connectivity index (χ4v) is 4.98. The zero-order chi connectivity index (χ0) is 28.0. The second-order valence-corrected chi connectivity index (χ2v) is 10.2. The van der Waals surface area contributed by atoms with E-state index in [1.165, 1.54) is 37.6 Å². The van der Waals surface area contributed by atoms with Crippen LogP contribution in [0.15, 0.2) is 99.3 Å². The minimum atomic E-state index is -4.08. The van der Waals surface area contributed by atoms with E-state index in [1.54, 1.807) is 60.7 Å². The van der Waals surface area contributed by atoms with Crippen molar-refractivity contribution in [1.82, 2.24) is 5.43 Å². The zero-order valence-corrected chi connectivity index (χ0v) is 21.8. The Morgan fingerprint density at radius 3 is 2.31 bits per heavy atom. The minimum Gasteiger partial charge on any atom is -0.497 e. The van der Waals surface area contributed by atoms with Gasteiger partial charge >= 0.3 is 0 Å². The summed E-state index contributed by atoms with van der Waals surface area (Å²) in [5.74, 6) is 0.613. The first kappa shape index (κ1) is 27.1. The zero-order valence-electron chi connectivity index (χ0n) is 21.0. The molecule has 1 N–H and O–H groups in total. The smallest absolute Gasteiger partial charge is 0.269 e. The lowest BCUT2D eigenvalue weighted by Crippen LogP contribution is -2.39. The molecule has 0 saturated heterocycles. The lowest BCUT2D eigenvalue weighted by atomic mass is 10.1. The molecule has 12 heteroatoms. The van der Waals surface area contributed by atoms with E-state index < -0.39 is 27.4 Å². The van der Waals surface area contributed by atoms with E-state index >= 15 is 0 Å². The molecule has 39 heavy (non-hydrogen) atoms. The summed E-state index contributed by atoms with van der Waals surface area (Å²) in [4.78, 5) is 23.1. The van der Waals surface area contributed by atoms with E-state index in [4.69, 9.17) is 9.15 Å². The normalized spacial score (nSPS) is 11.3. The van der Waals surface area contributed by atoms with Crippen molar-refractivity contribution in [3.63, 3.8) is 0 Å². The maximum atomic E-state index is 13.4. The Bertz CT molecular complexity index is 1600. The molecule has 200 valence electrons. The van der Waals surface area contributed by atoms with Crippen molar-refractivity contribution >= 4 is 33.5 Å². The van der Waals surface area contributed by atoms with Crippen molar-refractivity contribution in [2.24, 2.45) is 5.10 Å². The van der Waals surface area contributed by atoms with Gasteiger partial charge < -0.3 is 9.15 Å². The van der Waals surface area contributed by atoms with Crippen molar-refractivity contribution in [2.75, 3.05) is 18.0 Å². The molecule has 0 aliphatic rings. The molecule has 1 aromatic heterocycles. The first-order chi connectivity index (χ1) is 18.7. The molecule has 0 aliphatic heterocycles. The Labute approximate surface area is 224 Å². The van der Waals surface area contributed by atoms with Crippen molar-refractivity contribution < 1.29 is 27.3 Å². The van der Waals surface area contributed by atoms with Gasteiger partial charge in [-0.25, -0.2) is 13.8 Å². The number of non-ortho nitro benzene ring substituents is 1. The van der Waals surface area contributed by atoms with E-state index in [0.29, 0.717) is 22.8 Å². The van der Waals surface area contributed by atoms with Gasteiger partial charge in [0.05, 0.1) is 28.8 Å². The molecular weight excluding hydrogens is 524 g/mol. The number of ether oxygens (including phenoxy) is 1. The molecule has 11 nitrogen and oxygen atoms in total. The third-order valence-electron chi connectivity index (χ3n) is 5.63. The summed E-state index contributed by atoms with van der Waals surface area (Å²) in [6, 6.07) is 21.7. The summed E-state index contributed by atoms with van der Waals surface area (Å²) >= 11 is 0. The third-order valence-corrected chi connectivity index (χ3v) is 7.42. The number of sulfonamides is 1. The minimum absolute atomic E-state index is 0.0366. The number of rotatable bonds is 10. The van der Waals surface area contributed by atoms with Gasteiger partial charge in [0.1, 0.15) is 23.8 Å². The monoisotopic (exact) mass is 548 g/mol. The highest BCUT2D eigenvalue weighted by Gasteiger charge is 2.27. The largest absolute Gasteiger partial charge is 0.497 e. The molecule has 0 atom stereocenters. The Morgan fingerprint density at radius 2 is 1.69 bits per heavy atom. The molecule has 0 bridgehead atoms. The van der Waals surface area contributed by atoms with Crippen LogP contribution in [0.25, 0.3) is 11.3 Å². The average molecular weight is 549 g/mol. The van der Waals surface area contributed by atoms with Crippen LogP contribution < -0.4 is 14.5 Å². The second kappa shape index (κ2) is 11.6.